The number of carbonyl (C=O) groups excluding carboxylic acids is 2. The Morgan fingerprint density at radius 1 is 0.848 bits per heavy atom. The van der Waals surface area contributed by atoms with Crippen LogP contribution in [0.4, 0.5) is 17.1 Å². The Kier molecular flexibility index (Phi) is 6.56. The van der Waals surface area contributed by atoms with Gasteiger partial charge in [0.25, 0.3) is 10.1 Å². The molecule has 4 rings (SSSR count). The van der Waals surface area contributed by atoms with Gasteiger partial charge in [0, 0.05) is 16.8 Å². The van der Waals surface area contributed by atoms with Gasteiger partial charge in [0.05, 0.1) is 32.3 Å². The molecule has 164 valence electrons. The number of fused-ring (bicyclic) bond motifs is 2. The summed E-state index contributed by atoms with van der Waals surface area (Å²) in [6, 6.07) is 11.4. The van der Waals surface area contributed by atoms with E-state index in [1.165, 1.54) is 36.4 Å². The number of nitrogens with two attached hydrogens (primary N) is 1. The van der Waals surface area contributed by atoms with E-state index in [1.807, 2.05) is 0 Å². The topological polar surface area (TPSA) is 184 Å². The third-order valence-electron chi connectivity index (χ3n) is 4.88. The van der Waals surface area contributed by atoms with Crippen LogP contribution in [0.1, 0.15) is 31.8 Å². The summed E-state index contributed by atoms with van der Waals surface area (Å²) in [6.45, 7) is 0. The minimum atomic E-state index is -5.15. The summed E-state index contributed by atoms with van der Waals surface area (Å²) in [4.78, 5) is 24.9. The summed E-state index contributed by atoms with van der Waals surface area (Å²) in [7, 11) is -9.71. The van der Waals surface area contributed by atoms with Gasteiger partial charge in [-0.2, -0.15) is 8.42 Å². The molecule has 0 heterocycles. The van der Waals surface area contributed by atoms with Gasteiger partial charge in [0.2, 0.25) is 0 Å². The Morgan fingerprint density at radius 3 is 1.97 bits per heavy atom. The molecule has 1 aliphatic rings. The van der Waals surface area contributed by atoms with Crippen molar-refractivity contribution >= 4 is 48.9 Å². The van der Waals surface area contributed by atoms with Crippen molar-refractivity contribution in [3.8, 4) is 0 Å². The molecular formula is C20H13N2NaO8S2. The van der Waals surface area contributed by atoms with Gasteiger partial charge in [-0.25, -0.2) is 8.42 Å². The first-order valence-electron chi connectivity index (χ1n) is 8.85. The second-order valence-corrected chi connectivity index (χ2v) is 9.64. The molecule has 0 spiro atoms. The van der Waals surface area contributed by atoms with E-state index in [2.05, 4.69) is 5.32 Å². The largest absolute Gasteiger partial charge is 1.00 e. The van der Waals surface area contributed by atoms with Crippen LogP contribution in [0.3, 0.4) is 0 Å². The molecule has 0 bridgehead atoms. The zero-order valence-electron chi connectivity index (χ0n) is 16.9. The van der Waals surface area contributed by atoms with Gasteiger partial charge in [-0.3, -0.25) is 14.1 Å². The monoisotopic (exact) mass is 496 g/mol. The van der Waals surface area contributed by atoms with Crippen LogP contribution in [0.2, 0.25) is 0 Å². The Bertz CT molecular complexity index is 1550. The number of anilines is 3. The van der Waals surface area contributed by atoms with Crippen molar-refractivity contribution in [2.75, 3.05) is 11.1 Å². The molecule has 1 aliphatic carbocycles. The SMILES string of the molecule is Nc1c(S(=O)(=O)[O-])cc(Nc2cccc(S(=O)(=O)O)c2)c2c1C(=O)c1ccccc1C2=O.[Na+]. The zero-order chi connectivity index (χ0) is 23.4. The fourth-order valence-electron chi connectivity index (χ4n) is 3.49. The molecule has 3 aromatic rings. The maximum absolute atomic E-state index is 13.2. The third-order valence-corrected chi connectivity index (χ3v) is 6.61. The van der Waals surface area contributed by atoms with Gasteiger partial charge in [0.15, 0.2) is 11.6 Å². The average molecular weight is 496 g/mol. The molecule has 0 amide bonds. The fraction of sp³-hybridized carbons (Fsp3) is 0. The van der Waals surface area contributed by atoms with Crippen LogP contribution >= 0.6 is 0 Å². The molecule has 0 fully saturated rings. The van der Waals surface area contributed by atoms with E-state index in [0.717, 1.165) is 18.2 Å². The number of rotatable bonds is 4. The van der Waals surface area contributed by atoms with Crippen LogP contribution in [-0.4, -0.2) is 37.5 Å². The smallest absolute Gasteiger partial charge is 0.744 e. The predicted octanol–water partition coefficient (Wildman–Crippen LogP) is -1.06. The molecule has 0 unspecified atom stereocenters. The molecule has 0 aromatic heterocycles. The van der Waals surface area contributed by atoms with Crippen molar-refractivity contribution in [1.29, 1.82) is 0 Å². The average Bonchev–Trinajstić information content (AvgIpc) is 2.71. The molecule has 0 saturated carbocycles. The van der Waals surface area contributed by atoms with Gasteiger partial charge < -0.3 is 15.6 Å². The molecule has 33 heavy (non-hydrogen) atoms. The molecule has 3 aromatic carbocycles. The van der Waals surface area contributed by atoms with Crippen molar-refractivity contribution in [1.82, 2.24) is 0 Å². The van der Waals surface area contributed by atoms with E-state index < -0.39 is 52.8 Å². The first-order chi connectivity index (χ1) is 14.9. The molecule has 0 atom stereocenters. The summed E-state index contributed by atoms with van der Waals surface area (Å²) in [5, 5.41) is 2.66. The Balaban J connectivity index is 0.00000306. The Labute approximate surface area is 210 Å². The Morgan fingerprint density at radius 2 is 1.42 bits per heavy atom. The molecule has 13 heteroatoms. The van der Waals surface area contributed by atoms with Crippen molar-refractivity contribution in [3.63, 3.8) is 0 Å². The molecule has 0 radical (unpaired) electrons. The minimum absolute atomic E-state index is 0. The number of ketones is 2. The van der Waals surface area contributed by atoms with Gasteiger partial charge >= 0.3 is 29.6 Å². The summed E-state index contributed by atoms with van der Waals surface area (Å²) < 4.78 is 67.5. The van der Waals surface area contributed by atoms with E-state index >= 15 is 0 Å². The van der Waals surface area contributed by atoms with E-state index in [0.29, 0.717) is 0 Å². The maximum Gasteiger partial charge on any atom is 1.00 e. The van der Waals surface area contributed by atoms with E-state index in [1.54, 1.807) is 0 Å². The number of benzene rings is 3. The normalized spacial score (nSPS) is 13.0. The number of nitrogens with one attached hydrogen (secondary N) is 1. The number of hydrogen-bond acceptors (Lipinski definition) is 9. The first kappa shape index (κ1) is 25.1. The predicted molar refractivity (Wildman–Crippen MR) is 112 cm³/mol. The quantitative estimate of drug-likeness (QED) is 0.179. The van der Waals surface area contributed by atoms with Crippen LogP contribution in [0.25, 0.3) is 0 Å². The van der Waals surface area contributed by atoms with Crippen LogP contribution in [0.15, 0.2) is 64.4 Å². The van der Waals surface area contributed by atoms with E-state index in [-0.39, 0.29) is 57.6 Å². The van der Waals surface area contributed by atoms with E-state index in [9.17, 15) is 35.5 Å². The maximum atomic E-state index is 13.2. The van der Waals surface area contributed by atoms with Crippen molar-refractivity contribution in [3.05, 3.63) is 76.9 Å². The van der Waals surface area contributed by atoms with Crippen LogP contribution in [-0.2, 0) is 20.2 Å². The van der Waals surface area contributed by atoms with E-state index in [4.69, 9.17) is 5.73 Å². The van der Waals surface area contributed by atoms with Crippen LogP contribution < -0.4 is 40.6 Å². The second-order valence-electron chi connectivity index (χ2n) is 6.87. The second kappa shape index (κ2) is 8.65. The first-order valence-corrected chi connectivity index (χ1v) is 11.7. The van der Waals surface area contributed by atoms with Crippen molar-refractivity contribution < 1.29 is 65.1 Å². The van der Waals surface area contributed by atoms with Gasteiger partial charge in [-0.1, -0.05) is 30.3 Å². The minimum Gasteiger partial charge on any atom is -0.744 e. The molecule has 0 saturated heterocycles. The third kappa shape index (κ3) is 4.46. The summed E-state index contributed by atoms with van der Waals surface area (Å²) >= 11 is 0. The fourth-order valence-corrected chi connectivity index (χ4v) is 4.65. The van der Waals surface area contributed by atoms with Crippen LogP contribution in [0, 0.1) is 0 Å². The number of carbonyl (C=O) groups is 2. The molecular weight excluding hydrogens is 483 g/mol. The van der Waals surface area contributed by atoms with Crippen LogP contribution in [0.5, 0.6) is 0 Å². The van der Waals surface area contributed by atoms with Gasteiger partial charge in [0.1, 0.15) is 10.1 Å². The zero-order valence-corrected chi connectivity index (χ0v) is 20.5. The number of nitrogen functional groups attached to an aromatic ring is 1. The Hall–Kier alpha value is -2.58. The standard InChI is InChI=1S/C20H14N2O8S2.Na/c21-18-15(32(28,29)30)9-14(22-10-4-3-5-11(8-10)31(25,26)27)16-17(18)20(24)13-7-2-1-6-12(13)19(16)23;/h1-9,22H,21H2,(H,25,26,27)(H,28,29,30);/q;+1/p-1. The van der Waals surface area contributed by atoms with Crippen molar-refractivity contribution in [2.24, 2.45) is 0 Å². The molecule has 4 N–H and O–H groups in total. The van der Waals surface area contributed by atoms with Gasteiger partial charge in [-0.05, 0) is 24.3 Å². The van der Waals surface area contributed by atoms with Crippen molar-refractivity contribution in [2.45, 2.75) is 9.79 Å². The summed E-state index contributed by atoms with van der Waals surface area (Å²) in [5.74, 6) is -1.39. The summed E-state index contributed by atoms with van der Waals surface area (Å²) in [5.41, 5.74) is 4.32. The summed E-state index contributed by atoms with van der Waals surface area (Å²) in [6.07, 6.45) is 0. The molecule has 0 aliphatic heterocycles. The molecule has 10 nitrogen and oxygen atoms in total. The number of hydrogen-bond donors (Lipinski definition) is 3. The van der Waals surface area contributed by atoms with Gasteiger partial charge in [-0.15, -0.1) is 0 Å².